The molecule has 0 unspecified atom stereocenters. The summed E-state index contributed by atoms with van der Waals surface area (Å²) in [6.45, 7) is 3.15. The van der Waals surface area contributed by atoms with Crippen LogP contribution in [-0.2, 0) is 17.8 Å². The summed E-state index contributed by atoms with van der Waals surface area (Å²) in [4.78, 5) is 29.1. The number of thiophene rings is 1. The fourth-order valence-corrected chi connectivity index (χ4v) is 4.27. The van der Waals surface area contributed by atoms with Crippen LogP contribution in [0.15, 0.2) is 70.3 Å². The Morgan fingerprint density at radius 3 is 2.80 bits per heavy atom. The van der Waals surface area contributed by atoms with Gasteiger partial charge in [0.15, 0.2) is 0 Å². The van der Waals surface area contributed by atoms with Gasteiger partial charge in [-0.2, -0.15) is 0 Å². The fraction of sp³-hybridized carbons (Fsp3) is 0.217. The van der Waals surface area contributed by atoms with Gasteiger partial charge in [0.25, 0.3) is 11.8 Å². The highest BCUT2D eigenvalue weighted by Gasteiger charge is 2.18. The van der Waals surface area contributed by atoms with Crippen LogP contribution >= 0.6 is 11.3 Å². The lowest BCUT2D eigenvalue weighted by molar-refractivity contribution is -0.117. The molecule has 2 N–H and O–H groups in total. The van der Waals surface area contributed by atoms with Gasteiger partial charge in [-0.3, -0.25) is 14.5 Å². The van der Waals surface area contributed by atoms with E-state index in [1.165, 1.54) is 22.8 Å². The third-order valence-corrected chi connectivity index (χ3v) is 5.98. The van der Waals surface area contributed by atoms with Gasteiger partial charge < -0.3 is 15.1 Å². The third-order valence-electron chi connectivity index (χ3n) is 4.96. The number of nitrogens with one attached hydrogen (secondary N) is 2. The summed E-state index contributed by atoms with van der Waals surface area (Å²) in [6, 6.07) is 14.4. The molecule has 0 saturated carbocycles. The van der Waals surface area contributed by atoms with Crippen molar-refractivity contribution < 1.29 is 14.0 Å². The van der Waals surface area contributed by atoms with Crippen LogP contribution in [0.3, 0.4) is 0 Å². The standard InChI is InChI=1S/C23H23N3O3S/c27-22(17-5-2-1-3-6-17)25-20(15-19-7-4-13-29-19)23(28)24-10-12-26-11-8-21-18(16-26)9-14-30-21/h1-7,9,13-15H,8,10-12,16H2,(H,24,28)(H,25,27). The van der Waals surface area contributed by atoms with E-state index in [4.69, 9.17) is 4.42 Å². The number of carbonyl (C=O) groups is 2. The van der Waals surface area contributed by atoms with Gasteiger partial charge in [-0.05, 0) is 47.7 Å². The number of fused-ring (bicyclic) bond motifs is 1. The minimum Gasteiger partial charge on any atom is -0.465 e. The zero-order valence-electron chi connectivity index (χ0n) is 16.5. The van der Waals surface area contributed by atoms with Crippen molar-refractivity contribution in [1.29, 1.82) is 0 Å². The average Bonchev–Trinajstić information content (AvgIpc) is 3.45. The normalized spacial score (nSPS) is 14.2. The smallest absolute Gasteiger partial charge is 0.267 e. The van der Waals surface area contributed by atoms with Crippen LogP contribution in [-0.4, -0.2) is 36.3 Å². The Bertz CT molecular complexity index is 1030. The van der Waals surface area contributed by atoms with Crippen molar-refractivity contribution in [3.63, 3.8) is 0 Å². The molecule has 0 saturated heterocycles. The van der Waals surface area contributed by atoms with Crippen molar-refractivity contribution in [2.24, 2.45) is 0 Å². The maximum Gasteiger partial charge on any atom is 0.267 e. The van der Waals surface area contributed by atoms with Crippen LogP contribution in [0.1, 0.15) is 26.6 Å². The summed E-state index contributed by atoms with van der Waals surface area (Å²) in [5.74, 6) is -0.192. The SMILES string of the molecule is O=C(NCCN1CCc2sccc2C1)C(=Cc1ccco1)NC(=O)c1ccccc1. The first-order valence-electron chi connectivity index (χ1n) is 9.86. The molecule has 3 aromatic rings. The van der Waals surface area contributed by atoms with Gasteiger partial charge in [0.1, 0.15) is 11.5 Å². The van der Waals surface area contributed by atoms with E-state index in [0.717, 1.165) is 26.1 Å². The summed E-state index contributed by atoms with van der Waals surface area (Å²) < 4.78 is 5.31. The highest BCUT2D eigenvalue weighted by atomic mass is 32.1. The number of nitrogens with zero attached hydrogens (tertiary/aromatic N) is 1. The van der Waals surface area contributed by atoms with Crippen LogP contribution in [0.25, 0.3) is 6.08 Å². The molecule has 0 atom stereocenters. The topological polar surface area (TPSA) is 74.6 Å². The van der Waals surface area contributed by atoms with Crippen molar-refractivity contribution in [3.8, 4) is 0 Å². The van der Waals surface area contributed by atoms with Gasteiger partial charge >= 0.3 is 0 Å². The summed E-state index contributed by atoms with van der Waals surface area (Å²) in [5.41, 5.74) is 2.01. The van der Waals surface area contributed by atoms with E-state index < -0.39 is 0 Å². The molecule has 2 aromatic heterocycles. The molecule has 154 valence electrons. The number of benzene rings is 1. The van der Waals surface area contributed by atoms with Gasteiger partial charge in [0, 0.05) is 42.7 Å². The molecule has 1 aromatic carbocycles. The Morgan fingerprint density at radius 1 is 1.13 bits per heavy atom. The number of hydrogen-bond acceptors (Lipinski definition) is 5. The van der Waals surface area contributed by atoms with E-state index >= 15 is 0 Å². The summed E-state index contributed by atoms with van der Waals surface area (Å²) in [6.07, 6.45) is 4.11. The maximum atomic E-state index is 12.8. The number of furan rings is 1. The first-order chi connectivity index (χ1) is 14.7. The molecule has 0 bridgehead atoms. The quantitative estimate of drug-likeness (QED) is 0.574. The van der Waals surface area contributed by atoms with Gasteiger partial charge in [-0.15, -0.1) is 11.3 Å². The van der Waals surface area contributed by atoms with Crippen molar-refractivity contribution in [2.45, 2.75) is 13.0 Å². The molecular formula is C23H23N3O3S. The maximum absolute atomic E-state index is 12.8. The zero-order valence-corrected chi connectivity index (χ0v) is 17.3. The molecular weight excluding hydrogens is 398 g/mol. The van der Waals surface area contributed by atoms with E-state index in [2.05, 4.69) is 27.0 Å². The second kappa shape index (κ2) is 9.56. The fourth-order valence-electron chi connectivity index (χ4n) is 3.38. The van der Waals surface area contributed by atoms with Crippen molar-refractivity contribution in [1.82, 2.24) is 15.5 Å². The molecule has 0 fully saturated rings. The summed E-state index contributed by atoms with van der Waals surface area (Å²) >= 11 is 1.81. The largest absolute Gasteiger partial charge is 0.465 e. The summed E-state index contributed by atoms with van der Waals surface area (Å²) in [7, 11) is 0. The molecule has 0 spiro atoms. The van der Waals surface area contributed by atoms with Gasteiger partial charge in [0.2, 0.25) is 0 Å². The van der Waals surface area contributed by atoms with Gasteiger partial charge in [-0.25, -0.2) is 0 Å². The van der Waals surface area contributed by atoms with E-state index in [1.807, 2.05) is 17.4 Å². The Morgan fingerprint density at radius 2 is 2.00 bits per heavy atom. The number of rotatable bonds is 7. The van der Waals surface area contributed by atoms with E-state index in [0.29, 0.717) is 17.9 Å². The van der Waals surface area contributed by atoms with E-state index in [9.17, 15) is 9.59 Å². The molecule has 2 amide bonds. The second-order valence-corrected chi connectivity index (χ2v) is 8.05. The van der Waals surface area contributed by atoms with Gasteiger partial charge in [-0.1, -0.05) is 18.2 Å². The molecule has 0 radical (unpaired) electrons. The molecule has 1 aliphatic rings. The molecule has 7 heteroatoms. The number of amides is 2. The van der Waals surface area contributed by atoms with Crippen molar-refractivity contribution in [2.75, 3.05) is 19.6 Å². The first-order valence-corrected chi connectivity index (χ1v) is 10.7. The number of carbonyl (C=O) groups excluding carboxylic acids is 2. The predicted octanol–water partition coefficient (Wildman–Crippen LogP) is 3.29. The Balaban J connectivity index is 1.37. The lowest BCUT2D eigenvalue weighted by Crippen LogP contribution is -2.40. The summed E-state index contributed by atoms with van der Waals surface area (Å²) in [5, 5.41) is 7.76. The van der Waals surface area contributed by atoms with Crippen LogP contribution in [0.5, 0.6) is 0 Å². The highest BCUT2D eigenvalue weighted by Crippen LogP contribution is 2.23. The zero-order chi connectivity index (χ0) is 20.8. The molecule has 3 heterocycles. The van der Waals surface area contributed by atoms with E-state index in [1.54, 1.807) is 36.4 Å². The Labute approximate surface area is 179 Å². The predicted molar refractivity (Wildman–Crippen MR) is 117 cm³/mol. The third kappa shape index (κ3) is 5.06. The van der Waals surface area contributed by atoms with Crippen LogP contribution in [0, 0.1) is 0 Å². The minimum atomic E-state index is -0.344. The molecule has 6 nitrogen and oxygen atoms in total. The average molecular weight is 422 g/mol. The highest BCUT2D eigenvalue weighted by molar-refractivity contribution is 7.10. The minimum absolute atomic E-state index is 0.151. The van der Waals surface area contributed by atoms with Gasteiger partial charge in [0.05, 0.1) is 6.26 Å². The number of hydrogen-bond donors (Lipinski definition) is 2. The molecule has 30 heavy (non-hydrogen) atoms. The van der Waals surface area contributed by atoms with Crippen molar-refractivity contribution in [3.05, 3.63) is 87.6 Å². The van der Waals surface area contributed by atoms with E-state index in [-0.39, 0.29) is 17.5 Å². The van der Waals surface area contributed by atoms with Crippen LogP contribution in [0.2, 0.25) is 0 Å². The Kier molecular flexibility index (Phi) is 6.41. The van der Waals surface area contributed by atoms with Crippen LogP contribution in [0.4, 0.5) is 0 Å². The molecule has 0 aliphatic carbocycles. The first kappa shape index (κ1) is 20.1. The lowest BCUT2D eigenvalue weighted by Gasteiger charge is -2.26. The monoisotopic (exact) mass is 421 g/mol. The second-order valence-electron chi connectivity index (χ2n) is 7.04. The van der Waals surface area contributed by atoms with Crippen molar-refractivity contribution >= 4 is 29.2 Å². The lowest BCUT2D eigenvalue weighted by atomic mass is 10.1. The molecule has 4 rings (SSSR count). The van der Waals surface area contributed by atoms with Crippen LogP contribution < -0.4 is 10.6 Å². The Hall–Kier alpha value is -3.16. The molecule has 1 aliphatic heterocycles.